The molecule has 0 atom stereocenters. The summed E-state index contributed by atoms with van der Waals surface area (Å²) in [5, 5.41) is 16.2. The van der Waals surface area contributed by atoms with Crippen LogP contribution < -0.4 is 15.4 Å². The first kappa shape index (κ1) is 22.2. The number of amides is 1. The molecular weight excluding hydrogens is 438 g/mol. The Morgan fingerprint density at radius 1 is 1.06 bits per heavy atom. The van der Waals surface area contributed by atoms with Crippen molar-refractivity contribution in [1.82, 2.24) is 5.32 Å². The zero-order chi connectivity index (χ0) is 22.2. The predicted molar refractivity (Wildman–Crippen MR) is 124 cm³/mol. The molecule has 0 heterocycles. The van der Waals surface area contributed by atoms with Gasteiger partial charge in [0.25, 0.3) is 11.6 Å². The third kappa shape index (κ3) is 6.50. The summed E-state index contributed by atoms with van der Waals surface area (Å²) >= 11 is 11.1. The Morgan fingerprint density at radius 2 is 1.77 bits per heavy atom. The fourth-order valence-corrected chi connectivity index (χ4v) is 3.11. The van der Waals surface area contributed by atoms with E-state index in [4.69, 9.17) is 28.6 Å². The van der Waals surface area contributed by atoms with Gasteiger partial charge in [0, 0.05) is 24.1 Å². The molecule has 158 valence electrons. The zero-order valence-electron chi connectivity index (χ0n) is 16.2. The number of thiocarbonyl (C=S) groups is 1. The standard InChI is InChI=1S/C22H18ClN3O4S/c23-19-14-17(26(28)29)8-11-20(19)24-22(31)25-21(27)16-6-9-18(10-7-16)30-13-12-15-4-2-1-3-5-15/h1-11,14H,12-13H2,(H2,24,25,27,31). The number of nitro benzene ring substituents is 1. The molecule has 31 heavy (non-hydrogen) atoms. The Morgan fingerprint density at radius 3 is 2.42 bits per heavy atom. The summed E-state index contributed by atoms with van der Waals surface area (Å²) in [7, 11) is 0. The van der Waals surface area contributed by atoms with Crippen LogP contribution in [0.15, 0.2) is 72.8 Å². The minimum Gasteiger partial charge on any atom is -0.493 e. The molecule has 0 aliphatic heterocycles. The van der Waals surface area contributed by atoms with Gasteiger partial charge in [-0.2, -0.15) is 0 Å². The van der Waals surface area contributed by atoms with Crippen molar-refractivity contribution < 1.29 is 14.5 Å². The van der Waals surface area contributed by atoms with Crippen LogP contribution in [0, 0.1) is 10.1 Å². The number of nitrogens with zero attached hydrogens (tertiary/aromatic N) is 1. The van der Waals surface area contributed by atoms with Gasteiger partial charge in [-0.3, -0.25) is 20.2 Å². The Bertz CT molecular complexity index is 1090. The second-order valence-electron chi connectivity index (χ2n) is 6.44. The van der Waals surface area contributed by atoms with E-state index in [1.807, 2.05) is 30.3 Å². The van der Waals surface area contributed by atoms with Crippen LogP contribution in [0.2, 0.25) is 5.02 Å². The van der Waals surface area contributed by atoms with Gasteiger partial charge in [-0.05, 0) is 48.1 Å². The second kappa shape index (κ2) is 10.5. The largest absolute Gasteiger partial charge is 0.493 e. The average Bonchev–Trinajstić information content (AvgIpc) is 2.76. The van der Waals surface area contributed by atoms with Crippen LogP contribution in [0.3, 0.4) is 0 Å². The number of anilines is 1. The van der Waals surface area contributed by atoms with E-state index in [0.717, 1.165) is 6.42 Å². The summed E-state index contributed by atoms with van der Waals surface area (Å²) in [5.74, 6) is 0.247. The molecule has 0 aromatic heterocycles. The number of halogens is 1. The van der Waals surface area contributed by atoms with Crippen molar-refractivity contribution in [2.45, 2.75) is 6.42 Å². The lowest BCUT2D eigenvalue weighted by Gasteiger charge is -2.11. The van der Waals surface area contributed by atoms with Crippen molar-refractivity contribution in [1.29, 1.82) is 0 Å². The number of carbonyl (C=O) groups excluding carboxylic acids is 1. The molecule has 0 bridgehead atoms. The lowest BCUT2D eigenvalue weighted by atomic mass is 10.2. The summed E-state index contributed by atoms with van der Waals surface area (Å²) < 4.78 is 5.71. The summed E-state index contributed by atoms with van der Waals surface area (Å²) in [6.07, 6.45) is 0.786. The summed E-state index contributed by atoms with van der Waals surface area (Å²) in [4.78, 5) is 22.6. The highest BCUT2D eigenvalue weighted by Crippen LogP contribution is 2.26. The van der Waals surface area contributed by atoms with Gasteiger partial charge < -0.3 is 10.1 Å². The van der Waals surface area contributed by atoms with Crippen molar-refractivity contribution in [2.24, 2.45) is 0 Å². The van der Waals surface area contributed by atoms with E-state index >= 15 is 0 Å². The van der Waals surface area contributed by atoms with Crippen LogP contribution in [0.5, 0.6) is 5.75 Å². The topological polar surface area (TPSA) is 93.5 Å². The number of non-ortho nitro benzene ring substituents is 1. The number of hydrogen-bond donors (Lipinski definition) is 2. The number of nitrogens with one attached hydrogen (secondary N) is 2. The van der Waals surface area contributed by atoms with Crippen molar-refractivity contribution in [2.75, 3.05) is 11.9 Å². The van der Waals surface area contributed by atoms with Gasteiger partial charge in [-0.15, -0.1) is 0 Å². The molecule has 0 radical (unpaired) electrons. The molecular formula is C22H18ClN3O4S. The number of nitro groups is 1. The first-order chi connectivity index (χ1) is 14.9. The van der Waals surface area contributed by atoms with Gasteiger partial charge in [-0.25, -0.2) is 0 Å². The van der Waals surface area contributed by atoms with Gasteiger partial charge in [0.2, 0.25) is 0 Å². The molecule has 0 unspecified atom stereocenters. The highest BCUT2D eigenvalue weighted by molar-refractivity contribution is 7.80. The second-order valence-corrected chi connectivity index (χ2v) is 7.25. The maximum absolute atomic E-state index is 12.4. The van der Waals surface area contributed by atoms with Gasteiger partial charge in [0.1, 0.15) is 5.75 Å². The minimum atomic E-state index is -0.551. The maximum atomic E-state index is 12.4. The van der Waals surface area contributed by atoms with Gasteiger partial charge in [0.15, 0.2) is 5.11 Å². The molecule has 0 aliphatic rings. The minimum absolute atomic E-state index is 0.0175. The maximum Gasteiger partial charge on any atom is 0.271 e. The number of benzene rings is 3. The quantitative estimate of drug-likeness (QED) is 0.296. The molecule has 7 nitrogen and oxygen atoms in total. The molecule has 0 spiro atoms. The third-order valence-corrected chi connectivity index (χ3v) is 4.77. The van der Waals surface area contributed by atoms with E-state index in [2.05, 4.69) is 10.6 Å². The fourth-order valence-electron chi connectivity index (χ4n) is 2.68. The Balaban J connectivity index is 1.50. The van der Waals surface area contributed by atoms with Crippen LogP contribution in [0.4, 0.5) is 11.4 Å². The molecule has 9 heteroatoms. The predicted octanol–water partition coefficient (Wildman–Crippen LogP) is 5.00. The first-order valence-corrected chi connectivity index (χ1v) is 10.0. The van der Waals surface area contributed by atoms with Crippen LogP contribution in [-0.4, -0.2) is 22.5 Å². The van der Waals surface area contributed by atoms with Crippen LogP contribution in [-0.2, 0) is 6.42 Å². The van der Waals surface area contributed by atoms with E-state index in [1.54, 1.807) is 24.3 Å². The highest BCUT2D eigenvalue weighted by atomic mass is 35.5. The molecule has 3 rings (SSSR count). The Hall–Kier alpha value is -3.49. The van der Waals surface area contributed by atoms with Gasteiger partial charge in [-0.1, -0.05) is 41.9 Å². The van der Waals surface area contributed by atoms with Crippen LogP contribution >= 0.6 is 23.8 Å². The molecule has 2 N–H and O–H groups in total. The monoisotopic (exact) mass is 455 g/mol. The summed E-state index contributed by atoms with van der Waals surface area (Å²) in [5.41, 5.74) is 1.79. The van der Waals surface area contributed by atoms with Crippen molar-refractivity contribution in [3.8, 4) is 5.75 Å². The zero-order valence-corrected chi connectivity index (χ0v) is 17.8. The molecule has 1 amide bonds. The molecule has 0 saturated heterocycles. The van der Waals surface area contributed by atoms with Crippen molar-refractivity contribution in [3.63, 3.8) is 0 Å². The smallest absolute Gasteiger partial charge is 0.271 e. The number of hydrogen-bond acceptors (Lipinski definition) is 5. The molecule has 0 saturated carbocycles. The fraction of sp³-hybridized carbons (Fsp3) is 0.0909. The van der Waals surface area contributed by atoms with Crippen molar-refractivity contribution in [3.05, 3.63) is 99.1 Å². The Kier molecular flexibility index (Phi) is 7.53. The van der Waals surface area contributed by atoms with E-state index < -0.39 is 10.8 Å². The lowest BCUT2D eigenvalue weighted by Crippen LogP contribution is -2.34. The van der Waals surface area contributed by atoms with Crippen molar-refractivity contribution >= 4 is 46.2 Å². The summed E-state index contributed by atoms with van der Waals surface area (Å²) in [6.45, 7) is 0.527. The first-order valence-electron chi connectivity index (χ1n) is 9.25. The number of carbonyl (C=O) groups is 1. The van der Waals surface area contributed by atoms with Gasteiger partial charge >= 0.3 is 0 Å². The molecule has 0 fully saturated rings. The van der Waals surface area contributed by atoms with Crippen LogP contribution in [0.1, 0.15) is 15.9 Å². The van der Waals surface area contributed by atoms with Crippen LogP contribution in [0.25, 0.3) is 0 Å². The normalized spacial score (nSPS) is 10.2. The van der Waals surface area contributed by atoms with E-state index in [-0.39, 0.29) is 15.8 Å². The molecule has 3 aromatic carbocycles. The number of rotatable bonds is 7. The average molecular weight is 456 g/mol. The van der Waals surface area contributed by atoms with E-state index in [0.29, 0.717) is 23.6 Å². The summed E-state index contributed by atoms with van der Waals surface area (Å²) in [6, 6.07) is 20.6. The molecule has 3 aromatic rings. The lowest BCUT2D eigenvalue weighted by molar-refractivity contribution is -0.384. The molecule has 0 aliphatic carbocycles. The Labute approximate surface area is 189 Å². The SMILES string of the molecule is O=C(NC(=S)Nc1ccc([N+](=O)[O-])cc1Cl)c1ccc(OCCc2ccccc2)cc1. The van der Waals surface area contributed by atoms with E-state index in [1.165, 1.54) is 23.8 Å². The van der Waals surface area contributed by atoms with E-state index in [9.17, 15) is 14.9 Å². The third-order valence-electron chi connectivity index (χ3n) is 4.26. The highest BCUT2D eigenvalue weighted by Gasteiger charge is 2.12. The number of ether oxygens (including phenoxy) is 1. The van der Waals surface area contributed by atoms with Gasteiger partial charge in [0.05, 0.1) is 22.2 Å².